The molecule has 0 N–H and O–H groups in total. The van der Waals surface area contributed by atoms with Crippen LogP contribution >= 0.6 is 23.4 Å². The Balaban J connectivity index is 1.58. The summed E-state index contributed by atoms with van der Waals surface area (Å²) >= 11 is 7.60. The molecule has 0 radical (unpaired) electrons. The summed E-state index contributed by atoms with van der Waals surface area (Å²) in [5.41, 5.74) is 2.86. The van der Waals surface area contributed by atoms with Crippen LogP contribution in [0.1, 0.15) is 12.5 Å². The minimum atomic E-state index is 0.642. The van der Waals surface area contributed by atoms with Crippen molar-refractivity contribution in [2.75, 3.05) is 6.61 Å². The van der Waals surface area contributed by atoms with Gasteiger partial charge in [0.1, 0.15) is 10.8 Å². The normalized spacial score (nSPS) is 11.0. The first-order valence-corrected chi connectivity index (χ1v) is 9.92. The fraction of sp³-hybridized carbons (Fsp3) is 0.150. The predicted molar refractivity (Wildman–Crippen MR) is 108 cm³/mol. The van der Waals surface area contributed by atoms with Crippen LogP contribution in [-0.2, 0) is 5.75 Å². The van der Waals surface area contributed by atoms with Gasteiger partial charge in [0.25, 0.3) is 0 Å². The van der Waals surface area contributed by atoms with Crippen molar-refractivity contribution in [3.05, 3.63) is 71.2 Å². The Kier molecular flexibility index (Phi) is 5.27. The van der Waals surface area contributed by atoms with Gasteiger partial charge in [-0.3, -0.25) is 0 Å². The lowest BCUT2D eigenvalue weighted by Crippen LogP contribution is -1.97. The van der Waals surface area contributed by atoms with E-state index in [0.29, 0.717) is 12.4 Å². The van der Waals surface area contributed by atoms with Gasteiger partial charge in [-0.15, -0.1) is 10.2 Å². The monoisotopic (exact) mass is 396 g/mol. The third kappa shape index (κ3) is 4.07. The summed E-state index contributed by atoms with van der Waals surface area (Å²) < 4.78 is 7.27. The average Bonchev–Trinajstić information content (AvgIpc) is 3.12. The molecule has 4 rings (SSSR count). The molecule has 0 unspecified atom stereocenters. The average molecular weight is 397 g/mol. The first kappa shape index (κ1) is 17.8. The molecular weight excluding hydrogens is 380 g/mol. The molecule has 0 bridgehead atoms. The van der Waals surface area contributed by atoms with Crippen molar-refractivity contribution in [1.29, 1.82) is 0 Å². The van der Waals surface area contributed by atoms with Gasteiger partial charge in [0.05, 0.1) is 6.61 Å². The molecule has 2 aromatic heterocycles. The summed E-state index contributed by atoms with van der Waals surface area (Å²) in [4.78, 5) is 0. The van der Waals surface area contributed by atoms with Gasteiger partial charge in [0.2, 0.25) is 0 Å². The highest BCUT2D eigenvalue weighted by Crippen LogP contribution is 2.25. The van der Waals surface area contributed by atoms with Crippen molar-refractivity contribution in [2.45, 2.75) is 17.7 Å². The van der Waals surface area contributed by atoms with Crippen LogP contribution in [-0.4, -0.2) is 26.4 Å². The highest BCUT2D eigenvalue weighted by Gasteiger charge is 2.10. The predicted octanol–water partition coefficient (Wildman–Crippen LogP) is 5.14. The Labute approximate surface area is 166 Å². The van der Waals surface area contributed by atoms with Crippen molar-refractivity contribution in [2.24, 2.45) is 0 Å². The van der Waals surface area contributed by atoms with Crippen LogP contribution in [0.15, 0.2) is 65.7 Å². The second-order valence-electron chi connectivity index (χ2n) is 5.84. The summed E-state index contributed by atoms with van der Waals surface area (Å²) in [5, 5.41) is 14.9. The summed E-state index contributed by atoms with van der Waals surface area (Å²) in [7, 11) is 0. The van der Waals surface area contributed by atoms with E-state index in [9.17, 15) is 0 Å². The van der Waals surface area contributed by atoms with E-state index in [1.807, 2.05) is 67.6 Å². The zero-order chi connectivity index (χ0) is 18.6. The Morgan fingerprint density at radius 1 is 0.963 bits per heavy atom. The fourth-order valence-electron chi connectivity index (χ4n) is 2.63. The lowest BCUT2D eigenvalue weighted by atomic mass is 10.2. The van der Waals surface area contributed by atoms with E-state index in [4.69, 9.17) is 21.4 Å². The Bertz CT molecular complexity index is 1050. The molecule has 0 atom stereocenters. The number of hydrogen-bond acceptors (Lipinski definition) is 5. The zero-order valence-electron chi connectivity index (χ0n) is 14.7. The standard InChI is InChI=1S/C20H17ClN4OS/c1-2-26-17-9-5-15(6-10-17)20-23-22-18-11-12-19(24-25(18)20)27-13-14-3-7-16(21)8-4-14/h3-12H,2,13H2,1H3. The largest absolute Gasteiger partial charge is 0.494 e. The Morgan fingerprint density at radius 2 is 1.74 bits per heavy atom. The number of benzene rings is 2. The van der Waals surface area contributed by atoms with E-state index in [2.05, 4.69) is 10.2 Å². The SMILES string of the molecule is CCOc1ccc(-c2nnc3ccc(SCc4ccc(Cl)cc4)nn23)cc1. The molecule has 0 fully saturated rings. The van der Waals surface area contributed by atoms with Crippen LogP contribution in [0, 0.1) is 0 Å². The second kappa shape index (κ2) is 7.98. The van der Waals surface area contributed by atoms with Crippen molar-refractivity contribution in [1.82, 2.24) is 19.8 Å². The number of halogens is 1. The van der Waals surface area contributed by atoms with Gasteiger partial charge in [-0.25, -0.2) is 0 Å². The molecule has 0 aliphatic heterocycles. The van der Waals surface area contributed by atoms with Gasteiger partial charge in [0, 0.05) is 16.3 Å². The number of fused-ring (bicyclic) bond motifs is 1. The molecule has 0 spiro atoms. The number of rotatable bonds is 6. The molecule has 27 heavy (non-hydrogen) atoms. The van der Waals surface area contributed by atoms with Crippen LogP contribution in [0.2, 0.25) is 5.02 Å². The number of thioether (sulfide) groups is 1. The van der Waals surface area contributed by atoms with E-state index >= 15 is 0 Å². The maximum Gasteiger partial charge on any atom is 0.185 e. The maximum atomic E-state index is 5.94. The first-order valence-electron chi connectivity index (χ1n) is 8.56. The smallest absolute Gasteiger partial charge is 0.185 e. The van der Waals surface area contributed by atoms with E-state index in [1.54, 1.807) is 16.3 Å². The molecule has 0 saturated carbocycles. The molecule has 7 heteroatoms. The Morgan fingerprint density at radius 3 is 2.48 bits per heavy atom. The van der Waals surface area contributed by atoms with E-state index in [0.717, 1.165) is 32.8 Å². The summed E-state index contributed by atoms with van der Waals surface area (Å²) in [6.07, 6.45) is 0. The van der Waals surface area contributed by atoms with Crippen molar-refractivity contribution >= 4 is 29.0 Å². The summed E-state index contributed by atoms with van der Waals surface area (Å²) in [5.74, 6) is 2.36. The maximum absolute atomic E-state index is 5.94. The number of hydrogen-bond donors (Lipinski definition) is 0. The minimum absolute atomic E-state index is 0.642. The molecular formula is C20H17ClN4OS. The lowest BCUT2D eigenvalue weighted by Gasteiger charge is -2.05. The second-order valence-corrected chi connectivity index (χ2v) is 7.27. The van der Waals surface area contributed by atoms with E-state index in [-0.39, 0.29) is 0 Å². The van der Waals surface area contributed by atoms with Crippen LogP contribution < -0.4 is 4.74 Å². The highest BCUT2D eigenvalue weighted by molar-refractivity contribution is 7.98. The van der Waals surface area contributed by atoms with E-state index in [1.165, 1.54) is 5.56 Å². The zero-order valence-corrected chi connectivity index (χ0v) is 16.2. The van der Waals surface area contributed by atoms with Gasteiger partial charge in [0.15, 0.2) is 11.5 Å². The first-order chi connectivity index (χ1) is 13.2. The lowest BCUT2D eigenvalue weighted by molar-refractivity contribution is 0.340. The van der Waals surface area contributed by atoms with Crippen molar-refractivity contribution in [3.8, 4) is 17.1 Å². The van der Waals surface area contributed by atoms with Crippen LogP contribution in [0.4, 0.5) is 0 Å². The quantitative estimate of drug-likeness (QED) is 0.422. The van der Waals surface area contributed by atoms with E-state index < -0.39 is 0 Å². The van der Waals surface area contributed by atoms with Gasteiger partial charge in [-0.1, -0.05) is 35.5 Å². The van der Waals surface area contributed by atoms with Crippen molar-refractivity contribution in [3.63, 3.8) is 0 Å². The van der Waals surface area contributed by atoms with Crippen molar-refractivity contribution < 1.29 is 4.74 Å². The topological polar surface area (TPSA) is 52.3 Å². The van der Waals surface area contributed by atoms with Gasteiger partial charge >= 0.3 is 0 Å². The molecule has 0 saturated heterocycles. The Hall–Kier alpha value is -2.57. The van der Waals surface area contributed by atoms with Gasteiger partial charge < -0.3 is 4.74 Å². The number of aromatic nitrogens is 4. The minimum Gasteiger partial charge on any atom is -0.494 e. The van der Waals surface area contributed by atoms with Crippen LogP contribution in [0.5, 0.6) is 5.75 Å². The van der Waals surface area contributed by atoms with Crippen LogP contribution in [0.3, 0.4) is 0 Å². The highest BCUT2D eigenvalue weighted by atomic mass is 35.5. The number of nitrogens with zero attached hydrogens (tertiary/aromatic N) is 4. The molecule has 0 aliphatic carbocycles. The molecule has 2 heterocycles. The molecule has 4 aromatic rings. The summed E-state index contributed by atoms with van der Waals surface area (Å²) in [6.45, 7) is 2.61. The van der Waals surface area contributed by atoms with Gasteiger partial charge in [-0.2, -0.15) is 9.61 Å². The van der Waals surface area contributed by atoms with Gasteiger partial charge in [-0.05, 0) is 61.0 Å². The number of ether oxygens (including phenoxy) is 1. The summed E-state index contributed by atoms with van der Waals surface area (Å²) in [6, 6.07) is 19.5. The fourth-order valence-corrected chi connectivity index (χ4v) is 3.57. The third-order valence-corrected chi connectivity index (χ3v) is 5.20. The molecule has 0 amide bonds. The molecule has 136 valence electrons. The molecule has 5 nitrogen and oxygen atoms in total. The molecule has 0 aliphatic rings. The molecule has 2 aromatic carbocycles. The third-order valence-electron chi connectivity index (χ3n) is 3.96. The van der Waals surface area contributed by atoms with Crippen LogP contribution in [0.25, 0.3) is 17.0 Å².